The minimum Gasteiger partial charge on any atom is -0.507 e. The van der Waals surface area contributed by atoms with Crippen LogP contribution >= 0.6 is 11.3 Å². The molecule has 0 saturated heterocycles. The summed E-state index contributed by atoms with van der Waals surface area (Å²) in [6.45, 7) is 3.02. The Morgan fingerprint density at radius 1 is 1.32 bits per heavy atom. The highest BCUT2D eigenvalue weighted by atomic mass is 32.1. The minimum absolute atomic E-state index is 0.0900. The SMILES string of the molecule is C/C(=N/Nc1nc(-c2cccc(C(F)(F)F)c2)cs1)c1c(O)cc(C)oc1=O. The van der Waals surface area contributed by atoms with Gasteiger partial charge in [-0.25, -0.2) is 9.78 Å². The summed E-state index contributed by atoms with van der Waals surface area (Å²) in [6, 6.07) is 6.14. The highest BCUT2D eigenvalue weighted by Crippen LogP contribution is 2.33. The molecule has 6 nitrogen and oxygen atoms in total. The number of alkyl halides is 3. The summed E-state index contributed by atoms with van der Waals surface area (Å²) in [7, 11) is 0. The molecule has 3 aromatic rings. The van der Waals surface area contributed by atoms with Crippen LogP contribution in [0.15, 0.2) is 50.0 Å². The van der Waals surface area contributed by atoms with Crippen molar-refractivity contribution in [3.63, 3.8) is 0 Å². The molecule has 10 heteroatoms. The van der Waals surface area contributed by atoms with Crippen molar-refractivity contribution in [2.75, 3.05) is 5.43 Å². The number of thiazole rings is 1. The Hall–Kier alpha value is -3.14. The number of halogens is 3. The van der Waals surface area contributed by atoms with Gasteiger partial charge in [0.1, 0.15) is 17.1 Å². The van der Waals surface area contributed by atoms with Gasteiger partial charge in [0.2, 0.25) is 5.13 Å². The molecule has 28 heavy (non-hydrogen) atoms. The van der Waals surface area contributed by atoms with Crippen LogP contribution in [0.25, 0.3) is 11.3 Å². The quantitative estimate of drug-likeness (QED) is 0.485. The van der Waals surface area contributed by atoms with E-state index < -0.39 is 17.4 Å². The highest BCUT2D eigenvalue weighted by molar-refractivity contribution is 7.14. The topological polar surface area (TPSA) is 87.7 Å². The maximum absolute atomic E-state index is 12.8. The summed E-state index contributed by atoms with van der Waals surface area (Å²) in [5, 5.41) is 15.8. The van der Waals surface area contributed by atoms with Crippen molar-refractivity contribution < 1.29 is 22.7 Å². The highest BCUT2D eigenvalue weighted by Gasteiger charge is 2.30. The van der Waals surface area contributed by atoms with Crippen molar-refractivity contribution in [1.82, 2.24) is 4.98 Å². The summed E-state index contributed by atoms with van der Waals surface area (Å²) in [6.07, 6.45) is -4.44. The number of hydrazone groups is 1. The number of aryl methyl sites for hydroxylation is 1. The zero-order chi connectivity index (χ0) is 20.5. The third kappa shape index (κ3) is 4.22. The van der Waals surface area contributed by atoms with E-state index in [1.54, 1.807) is 5.38 Å². The van der Waals surface area contributed by atoms with Crippen LogP contribution in [0, 0.1) is 6.92 Å². The van der Waals surface area contributed by atoms with Crippen LogP contribution < -0.4 is 11.1 Å². The number of aromatic nitrogens is 1. The van der Waals surface area contributed by atoms with Gasteiger partial charge in [-0.15, -0.1) is 11.3 Å². The average molecular weight is 409 g/mol. The number of anilines is 1. The lowest BCUT2D eigenvalue weighted by molar-refractivity contribution is -0.137. The molecule has 0 aliphatic carbocycles. The number of nitrogens with one attached hydrogen (secondary N) is 1. The number of benzene rings is 1. The number of hydrogen-bond donors (Lipinski definition) is 2. The van der Waals surface area contributed by atoms with E-state index in [4.69, 9.17) is 4.42 Å². The molecule has 0 aliphatic heterocycles. The molecule has 0 atom stereocenters. The molecule has 0 amide bonds. The summed E-state index contributed by atoms with van der Waals surface area (Å²) < 4.78 is 43.5. The smallest absolute Gasteiger partial charge is 0.416 e. The lowest BCUT2D eigenvalue weighted by Crippen LogP contribution is -2.14. The van der Waals surface area contributed by atoms with Gasteiger partial charge in [-0.05, 0) is 26.0 Å². The van der Waals surface area contributed by atoms with Crippen molar-refractivity contribution in [1.29, 1.82) is 0 Å². The molecule has 0 spiro atoms. The van der Waals surface area contributed by atoms with Gasteiger partial charge in [0.15, 0.2) is 0 Å². The van der Waals surface area contributed by atoms with Gasteiger partial charge in [-0.3, -0.25) is 5.43 Å². The van der Waals surface area contributed by atoms with Gasteiger partial charge in [0.05, 0.1) is 17.0 Å². The van der Waals surface area contributed by atoms with E-state index in [0.717, 1.165) is 23.5 Å². The zero-order valence-corrected chi connectivity index (χ0v) is 15.5. The first-order valence-electron chi connectivity index (χ1n) is 7.92. The second-order valence-corrected chi connectivity index (χ2v) is 6.69. The lowest BCUT2D eigenvalue weighted by atomic mass is 10.1. The van der Waals surface area contributed by atoms with E-state index >= 15 is 0 Å². The molecule has 2 N–H and O–H groups in total. The molecule has 0 bridgehead atoms. The molecule has 2 heterocycles. The van der Waals surface area contributed by atoms with Gasteiger partial charge >= 0.3 is 11.8 Å². The van der Waals surface area contributed by atoms with Crippen LogP contribution in [-0.2, 0) is 6.18 Å². The van der Waals surface area contributed by atoms with Gasteiger partial charge in [-0.2, -0.15) is 18.3 Å². The second kappa shape index (κ2) is 7.47. The van der Waals surface area contributed by atoms with Gasteiger partial charge in [-0.1, -0.05) is 12.1 Å². The summed E-state index contributed by atoms with van der Waals surface area (Å²) in [5.41, 5.74) is 1.88. The van der Waals surface area contributed by atoms with Gasteiger partial charge in [0.25, 0.3) is 0 Å². The van der Waals surface area contributed by atoms with E-state index in [-0.39, 0.29) is 22.8 Å². The average Bonchev–Trinajstić information content (AvgIpc) is 3.07. The number of nitrogens with zero attached hydrogens (tertiary/aromatic N) is 2. The first-order chi connectivity index (χ1) is 13.1. The Kier molecular flexibility index (Phi) is 5.23. The van der Waals surface area contributed by atoms with E-state index in [9.17, 15) is 23.1 Å². The molecule has 0 saturated carbocycles. The van der Waals surface area contributed by atoms with E-state index in [0.29, 0.717) is 16.4 Å². The van der Waals surface area contributed by atoms with Crippen molar-refractivity contribution in [2.45, 2.75) is 20.0 Å². The zero-order valence-electron chi connectivity index (χ0n) is 14.7. The van der Waals surface area contributed by atoms with Crippen molar-refractivity contribution in [3.8, 4) is 17.0 Å². The standard InChI is InChI=1S/C18H14F3N3O3S/c1-9-6-14(25)15(16(26)27-9)10(2)23-24-17-22-13(8-28-17)11-4-3-5-12(7-11)18(19,20)21/h3-8,25H,1-2H3,(H,22,24)/b23-10-. The predicted octanol–water partition coefficient (Wildman–Crippen LogP) is 4.63. The van der Waals surface area contributed by atoms with Crippen molar-refractivity contribution >= 4 is 22.2 Å². The first-order valence-corrected chi connectivity index (χ1v) is 8.80. The Morgan fingerprint density at radius 3 is 2.75 bits per heavy atom. The third-order valence-electron chi connectivity index (χ3n) is 3.72. The van der Waals surface area contributed by atoms with Crippen LogP contribution in [0.2, 0.25) is 0 Å². The molecule has 3 rings (SSSR count). The van der Waals surface area contributed by atoms with E-state index in [2.05, 4.69) is 15.5 Å². The molecule has 2 aromatic heterocycles. The van der Waals surface area contributed by atoms with Crippen LogP contribution in [0.1, 0.15) is 23.8 Å². The molecular weight excluding hydrogens is 395 g/mol. The fourth-order valence-corrected chi connectivity index (χ4v) is 3.09. The summed E-state index contributed by atoms with van der Waals surface area (Å²) in [5.74, 6) is -0.00162. The summed E-state index contributed by atoms with van der Waals surface area (Å²) >= 11 is 1.13. The number of hydrogen-bond acceptors (Lipinski definition) is 7. The molecule has 0 fully saturated rings. The van der Waals surface area contributed by atoms with Crippen molar-refractivity contribution in [3.05, 3.63) is 63.0 Å². The Bertz CT molecular complexity index is 1100. The van der Waals surface area contributed by atoms with Crippen LogP contribution in [0.5, 0.6) is 5.75 Å². The molecule has 0 unspecified atom stereocenters. The Balaban J connectivity index is 1.82. The fraction of sp³-hybridized carbons (Fsp3) is 0.167. The maximum Gasteiger partial charge on any atom is 0.416 e. The normalized spacial score (nSPS) is 12.2. The number of rotatable bonds is 4. The molecule has 0 aliphatic rings. The molecular formula is C18H14F3N3O3S. The largest absolute Gasteiger partial charge is 0.507 e. The fourth-order valence-electron chi connectivity index (χ4n) is 2.43. The molecule has 146 valence electrons. The lowest BCUT2D eigenvalue weighted by Gasteiger charge is -2.07. The van der Waals surface area contributed by atoms with Crippen molar-refractivity contribution in [2.24, 2.45) is 5.10 Å². The van der Waals surface area contributed by atoms with Gasteiger partial charge < -0.3 is 9.52 Å². The van der Waals surface area contributed by atoms with Gasteiger partial charge in [0, 0.05) is 17.0 Å². The Labute approximate surface area is 161 Å². The maximum atomic E-state index is 12.8. The molecule has 0 radical (unpaired) electrons. The molecule has 1 aromatic carbocycles. The predicted molar refractivity (Wildman–Crippen MR) is 99.8 cm³/mol. The van der Waals surface area contributed by atoms with Crippen LogP contribution in [0.3, 0.4) is 0 Å². The monoisotopic (exact) mass is 409 g/mol. The number of aromatic hydroxyl groups is 1. The first kappa shape index (κ1) is 19.6. The third-order valence-corrected chi connectivity index (χ3v) is 4.47. The van der Waals surface area contributed by atoms with Crippen LogP contribution in [0.4, 0.5) is 18.3 Å². The van der Waals surface area contributed by atoms with E-state index in [1.165, 1.54) is 32.0 Å². The van der Waals surface area contributed by atoms with Crippen LogP contribution in [-0.4, -0.2) is 15.8 Å². The summed E-state index contributed by atoms with van der Waals surface area (Å²) in [4.78, 5) is 16.1. The minimum atomic E-state index is -4.44. The Morgan fingerprint density at radius 2 is 2.07 bits per heavy atom. The van der Waals surface area contributed by atoms with E-state index in [1.807, 2.05) is 0 Å². The second-order valence-electron chi connectivity index (χ2n) is 5.83.